The Balaban J connectivity index is 0.000000560. The Hall–Kier alpha value is -1.91. The molecule has 42 heavy (non-hydrogen) atoms. The van der Waals surface area contributed by atoms with Gasteiger partial charge in [-0.25, -0.2) is 4.58 Å². The number of alkyl halides is 3. The molecule has 3 fully saturated rings. The molecule has 3 saturated carbocycles. The molecule has 0 unspecified atom stereocenters. The molecule has 4 aliphatic rings. The Bertz CT molecular complexity index is 891. The Kier molecular flexibility index (Phi) is 20.0. The lowest BCUT2D eigenvalue weighted by Gasteiger charge is -2.30. The third-order valence-corrected chi connectivity index (χ3v) is 7.68. The van der Waals surface area contributed by atoms with Crippen molar-refractivity contribution in [2.24, 2.45) is 0 Å². The van der Waals surface area contributed by atoms with E-state index >= 15 is 0 Å². The van der Waals surface area contributed by atoms with Crippen LogP contribution in [0.4, 0.5) is 26.1 Å². The van der Waals surface area contributed by atoms with Crippen molar-refractivity contribution in [2.75, 3.05) is 13.6 Å². The van der Waals surface area contributed by atoms with E-state index in [0.29, 0.717) is 17.9 Å². The lowest BCUT2D eigenvalue weighted by Crippen LogP contribution is -3.00. The number of rotatable bonds is 0. The highest BCUT2D eigenvalue weighted by molar-refractivity contribution is 6.33. The van der Waals surface area contributed by atoms with Crippen LogP contribution >= 0.6 is 0 Å². The molecule has 5 rings (SSSR count). The van der Waals surface area contributed by atoms with E-state index < -0.39 is 19.4 Å². The predicted octanol–water partition coefficient (Wildman–Crippen LogP) is 6.03. The second kappa shape index (κ2) is 20.9. The lowest BCUT2D eigenvalue weighted by molar-refractivity contribution is -0.515. The molecule has 0 spiro atoms. The lowest BCUT2D eigenvalue weighted by atomic mass is 9.78. The average Bonchev–Trinajstić information content (AvgIpc) is 2.90. The van der Waals surface area contributed by atoms with Gasteiger partial charge in [0.15, 0.2) is 6.54 Å². The van der Waals surface area contributed by atoms with E-state index in [9.17, 15) is 30.9 Å². The SMILES string of the molecule is C1CCCCC1.C[N+]1=C(C(F)(F)F)c2ccccc2C(C)(C)C1.FB(F)F.O=C1CCCCC1.OC1CCCCC1.[F-]. The summed E-state index contributed by atoms with van der Waals surface area (Å²) in [5, 5.41) is 8.91. The zero-order valence-electron chi connectivity index (χ0n) is 25.4. The maximum absolute atomic E-state index is 13.0. The Morgan fingerprint density at radius 2 is 1.21 bits per heavy atom. The molecule has 1 aromatic carbocycles. The Labute approximate surface area is 247 Å². The molecule has 1 aliphatic heterocycles. The minimum Gasteiger partial charge on any atom is -1.00 e. The normalized spacial score (nSPS) is 19.8. The van der Waals surface area contributed by atoms with Crippen molar-refractivity contribution < 1.29 is 45.3 Å². The first-order chi connectivity index (χ1) is 19.3. The molecule has 3 nitrogen and oxygen atoms in total. The molecule has 1 aromatic rings. The minimum absolute atomic E-state index is 0. The van der Waals surface area contributed by atoms with Crippen LogP contribution in [-0.2, 0) is 10.2 Å². The van der Waals surface area contributed by atoms with Gasteiger partial charge in [0.1, 0.15) is 12.8 Å². The highest BCUT2D eigenvalue weighted by Crippen LogP contribution is 2.35. The average molecular weight is 612 g/mol. The van der Waals surface area contributed by atoms with E-state index in [2.05, 4.69) is 0 Å². The van der Waals surface area contributed by atoms with Crippen molar-refractivity contribution in [1.29, 1.82) is 0 Å². The van der Waals surface area contributed by atoms with Crippen LogP contribution in [0.2, 0.25) is 0 Å². The number of benzene rings is 1. The molecule has 0 saturated heterocycles. The molecule has 0 radical (unpaired) electrons. The van der Waals surface area contributed by atoms with Gasteiger partial charge in [-0.1, -0.05) is 82.4 Å². The number of aliphatic hydroxyl groups is 1. The summed E-state index contributed by atoms with van der Waals surface area (Å²) < 4.78 is 69.4. The molecular formula is C31H49BF7NO2. The number of halogens is 7. The smallest absolute Gasteiger partial charge is 0.762 e. The van der Waals surface area contributed by atoms with Crippen LogP contribution < -0.4 is 4.70 Å². The maximum atomic E-state index is 13.0. The molecule has 0 amide bonds. The number of carbonyl (C=O) groups is 1. The van der Waals surface area contributed by atoms with Gasteiger partial charge >= 0.3 is 13.7 Å². The quantitative estimate of drug-likeness (QED) is 0.221. The molecule has 242 valence electrons. The summed E-state index contributed by atoms with van der Waals surface area (Å²) in [4.78, 5) is 10.5. The highest BCUT2D eigenvalue weighted by Gasteiger charge is 2.49. The molecular weight excluding hydrogens is 562 g/mol. The fourth-order valence-corrected chi connectivity index (χ4v) is 5.70. The van der Waals surface area contributed by atoms with Crippen LogP contribution in [-0.4, -0.2) is 54.6 Å². The van der Waals surface area contributed by atoms with Crippen molar-refractivity contribution in [1.82, 2.24) is 0 Å². The zero-order valence-corrected chi connectivity index (χ0v) is 25.4. The molecule has 0 aromatic heterocycles. The largest absolute Gasteiger partial charge is 1.00 e. The van der Waals surface area contributed by atoms with E-state index in [-0.39, 0.29) is 16.2 Å². The van der Waals surface area contributed by atoms with Crippen molar-refractivity contribution in [3.63, 3.8) is 0 Å². The van der Waals surface area contributed by atoms with Crippen molar-refractivity contribution in [3.05, 3.63) is 35.4 Å². The minimum atomic E-state index is -4.30. The number of hydrogen-bond acceptors (Lipinski definition) is 2. The summed E-state index contributed by atoms with van der Waals surface area (Å²) in [5.74, 6) is 0.464. The second-order valence-corrected chi connectivity index (χ2v) is 11.9. The van der Waals surface area contributed by atoms with Gasteiger partial charge < -0.3 is 9.81 Å². The summed E-state index contributed by atoms with van der Waals surface area (Å²) >= 11 is 0. The summed E-state index contributed by atoms with van der Waals surface area (Å²) in [6.07, 6.45) is 15.9. The molecule has 3 aliphatic carbocycles. The van der Waals surface area contributed by atoms with E-state index in [0.717, 1.165) is 44.1 Å². The van der Waals surface area contributed by atoms with Crippen LogP contribution in [0.25, 0.3) is 0 Å². The number of fused-ring (bicyclic) bond motifs is 1. The number of likely N-dealkylation sites (N-methyl/N-ethyl adjacent to an activating group) is 1. The monoisotopic (exact) mass is 611 g/mol. The molecule has 0 bridgehead atoms. The van der Waals surface area contributed by atoms with Crippen LogP contribution in [0.15, 0.2) is 24.3 Å². The van der Waals surface area contributed by atoms with Crippen LogP contribution in [0.5, 0.6) is 0 Å². The van der Waals surface area contributed by atoms with Crippen molar-refractivity contribution >= 4 is 19.0 Å². The molecule has 1 heterocycles. The topological polar surface area (TPSA) is 40.3 Å². The molecule has 0 atom stereocenters. The fraction of sp³-hybridized carbons (Fsp3) is 0.742. The van der Waals surface area contributed by atoms with Crippen LogP contribution in [0.1, 0.15) is 128 Å². The Morgan fingerprint density at radius 3 is 1.57 bits per heavy atom. The van der Waals surface area contributed by atoms with Crippen LogP contribution in [0, 0.1) is 0 Å². The van der Waals surface area contributed by atoms with Gasteiger partial charge in [-0.2, -0.15) is 13.2 Å². The first-order valence-electron chi connectivity index (χ1n) is 15.1. The predicted molar refractivity (Wildman–Crippen MR) is 155 cm³/mol. The second-order valence-electron chi connectivity index (χ2n) is 11.9. The third kappa shape index (κ3) is 16.7. The third-order valence-electron chi connectivity index (χ3n) is 7.68. The van der Waals surface area contributed by atoms with Gasteiger partial charge in [0.05, 0.1) is 11.7 Å². The van der Waals surface area contributed by atoms with Gasteiger partial charge in [-0.3, -0.25) is 17.7 Å². The van der Waals surface area contributed by atoms with Gasteiger partial charge in [0.25, 0.3) is 5.71 Å². The summed E-state index contributed by atoms with van der Waals surface area (Å²) in [6, 6.07) is 6.78. The van der Waals surface area contributed by atoms with Gasteiger partial charge in [-0.05, 0) is 51.2 Å². The van der Waals surface area contributed by atoms with Crippen molar-refractivity contribution in [2.45, 2.75) is 134 Å². The number of carbonyl (C=O) groups excluding carboxylic acids is 1. The van der Waals surface area contributed by atoms with Gasteiger partial charge in [-0.15, -0.1) is 0 Å². The highest BCUT2D eigenvalue weighted by atomic mass is 19.4. The first-order valence-corrected chi connectivity index (χ1v) is 15.1. The first kappa shape index (κ1) is 40.1. The fourth-order valence-electron chi connectivity index (χ4n) is 5.70. The number of aliphatic hydroxyl groups excluding tert-OH is 1. The van der Waals surface area contributed by atoms with E-state index in [4.69, 9.17) is 5.11 Å². The summed E-state index contributed by atoms with van der Waals surface area (Å²) in [7, 11) is -2.17. The standard InChI is InChI=1S/C13H15F3N.C6H12O.C6H10O.C6H12.BF3.FH/c1-12(2)8-17(3)11(13(14,15)16)9-6-4-5-7-10(9)12;2*7-6-4-2-1-3-5-6;1-2-4-6-5-3-1;2-1(3)4;/h4-7H,8H2,1-3H3;6-7H,1-5H2;1-5H2;1-6H2;;1H/q+1;;;;;/p-1. The van der Waals surface area contributed by atoms with E-state index in [1.165, 1.54) is 75.8 Å². The Morgan fingerprint density at radius 1 is 0.810 bits per heavy atom. The zero-order chi connectivity index (χ0) is 30.9. The van der Waals surface area contributed by atoms with E-state index in [1.54, 1.807) is 24.3 Å². The number of Topliss-reactive ketones (excluding diaryl/α,β-unsaturated/α-hetero) is 1. The maximum Gasteiger partial charge on any atom is 0.762 e. The number of nitrogens with zero attached hydrogens (tertiary/aromatic N) is 1. The van der Waals surface area contributed by atoms with Gasteiger partial charge in [0.2, 0.25) is 0 Å². The van der Waals surface area contributed by atoms with Gasteiger partial charge in [0, 0.05) is 18.3 Å². The molecule has 1 N–H and O–H groups in total. The van der Waals surface area contributed by atoms with E-state index in [1.807, 2.05) is 13.8 Å². The number of ketones is 1. The van der Waals surface area contributed by atoms with Crippen LogP contribution in [0.3, 0.4) is 0 Å². The summed E-state index contributed by atoms with van der Waals surface area (Å²) in [6.45, 7) is 4.31. The number of hydrogen-bond donors (Lipinski definition) is 1. The molecule has 11 heteroatoms. The summed E-state index contributed by atoms with van der Waals surface area (Å²) in [5.41, 5.74) is 0.275. The van der Waals surface area contributed by atoms with Crippen molar-refractivity contribution in [3.8, 4) is 0 Å².